The lowest BCUT2D eigenvalue weighted by Crippen LogP contribution is -2.49. The van der Waals surface area contributed by atoms with Gasteiger partial charge >= 0.3 is 0 Å². The van der Waals surface area contributed by atoms with Gasteiger partial charge in [0.25, 0.3) is 0 Å². The summed E-state index contributed by atoms with van der Waals surface area (Å²) in [5.41, 5.74) is 1.23. The van der Waals surface area contributed by atoms with Crippen LogP contribution in [0.5, 0.6) is 5.75 Å². The molecular weight excluding hydrogens is 193 g/mol. The van der Waals surface area contributed by atoms with Gasteiger partial charge in [0.05, 0.1) is 0 Å². The minimum Gasteiger partial charge on any atom is -0.492 e. The van der Waals surface area contributed by atoms with Crippen molar-refractivity contribution >= 4 is 0 Å². The van der Waals surface area contributed by atoms with E-state index in [2.05, 4.69) is 4.90 Å². The molecule has 0 atom stereocenters. The van der Waals surface area contributed by atoms with Crippen molar-refractivity contribution in [2.24, 2.45) is 0 Å². The molecule has 2 rings (SSSR count). The van der Waals surface area contributed by atoms with Crippen molar-refractivity contribution in [1.29, 1.82) is 0 Å². The Morgan fingerprint density at radius 3 is 2.60 bits per heavy atom. The van der Waals surface area contributed by atoms with Crippen LogP contribution in [0.2, 0.25) is 0 Å². The molecule has 1 saturated heterocycles. The summed E-state index contributed by atoms with van der Waals surface area (Å²) in [4.78, 5) is 2.05. The number of hydrogen-bond donors (Lipinski definition) is 0. The van der Waals surface area contributed by atoms with E-state index in [9.17, 15) is 4.39 Å². The zero-order valence-corrected chi connectivity index (χ0v) is 8.95. The van der Waals surface area contributed by atoms with Crippen LogP contribution in [0.1, 0.15) is 5.56 Å². The normalized spacial score (nSPS) is 17.5. The largest absolute Gasteiger partial charge is 0.492 e. The fourth-order valence-electron chi connectivity index (χ4n) is 1.62. The lowest BCUT2D eigenvalue weighted by atomic mass is 10.2. The number of alkyl halides is 1. The average molecular weight is 209 g/mol. The van der Waals surface area contributed by atoms with E-state index in [1.165, 1.54) is 5.56 Å². The Kier molecular flexibility index (Phi) is 3.21. The number of ether oxygens (including phenoxy) is 1. The summed E-state index contributed by atoms with van der Waals surface area (Å²) in [5.74, 6) is 0.887. The highest BCUT2D eigenvalue weighted by Gasteiger charge is 2.25. The maximum atomic E-state index is 12.5. The zero-order chi connectivity index (χ0) is 10.7. The Hall–Kier alpha value is -1.09. The van der Waals surface area contributed by atoms with Crippen molar-refractivity contribution in [3.8, 4) is 5.75 Å². The van der Waals surface area contributed by atoms with Gasteiger partial charge in [-0.25, -0.2) is 4.39 Å². The molecule has 1 heterocycles. The van der Waals surface area contributed by atoms with Gasteiger partial charge in [-0.3, -0.25) is 4.90 Å². The number of likely N-dealkylation sites (tertiary alicyclic amines) is 1. The number of aryl methyl sites for hydroxylation is 1. The number of benzene rings is 1. The Labute approximate surface area is 89.7 Å². The van der Waals surface area contributed by atoms with Gasteiger partial charge in [0.1, 0.15) is 18.5 Å². The summed E-state index contributed by atoms with van der Waals surface area (Å²) in [7, 11) is 0. The van der Waals surface area contributed by atoms with E-state index in [1.54, 1.807) is 0 Å². The van der Waals surface area contributed by atoms with Gasteiger partial charge in [-0.2, -0.15) is 0 Å². The van der Waals surface area contributed by atoms with Crippen molar-refractivity contribution in [1.82, 2.24) is 4.90 Å². The SMILES string of the molecule is Cc1ccc(OCCN2CC(F)C2)cc1. The van der Waals surface area contributed by atoms with Crippen LogP contribution in [0.4, 0.5) is 4.39 Å². The second-order valence-electron chi connectivity index (χ2n) is 4.02. The molecule has 0 bridgehead atoms. The van der Waals surface area contributed by atoms with Crippen LogP contribution in [-0.4, -0.2) is 37.3 Å². The van der Waals surface area contributed by atoms with Crippen molar-refractivity contribution in [2.75, 3.05) is 26.2 Å². The molecule has 0 radical (unpaired) electrons. The number of rotatable bonds is 4. The monoisotopic (exact) mass is 209 g/mol. The molecule has 2 nitrogen and oxygen atoms in total. The molecule has 3 heteroatoms. The first-order valence-electron chi connectivity index (χ1n) is 5.30. The third kappa shape index (κ3) is 2.93. The second kappa shape index (κ2) is 4.62. The van der Waals surface area contributed by atoms with Crippen LogP contribution in [0.25, 0.3) is 0 Å². The lowest BCUT2D eigenvalue weighted by molar-refractivity contribution is 0.0539. The van der Waals surface area contributed by atoms with Gasteiger partial charge in [-0.1, -0.05) is 17.7 Å². The predicted molar refractivity (Wildman–Crippen MR) is 58.0 cm³/mol. The molecule has 0 aliphatic carbocycles. The number of hydrogen-bond acceptors (Lipinski definition) is 2. The highest BCUT2D eigenvalue weighted by molar-refractivity contribution is 5.26. The maximum absolute atomic E-state index is 12.5. The first kappa shape index (κ1) is 10.4. The van der Waals surface area contributed by atoms with E-state index in [0.717, 1.165) is 12.3 Å². The Bertz CT molecular complexity index is 306. The fourth-order valence-corrected chi connectivity index (χ4v) is 1.62. The zero-order valence-electron chi connectivity index (χ0n) is 8.95. The second-order valence-corrected chi connectivity index (χ2v) is 4.02. The molecule has 1 aromatic rings. The molecule has 0 aromatic heterocycles. The molecule has 82 valence electrons. The van der Waals surface area contributed by atoms with E-state index < -0.39 is 6.17 Å². The van der Waals surface area contributed by atoms with Crippen LogP contribution in [0.3, 0.4) is 0 Å². The van der Waals surface area contributed by atoms with Crippen molar-refractivity contribution in [2.45, 2.75) is 13.1 Å². The predicted octanol–water partition coefficient (Wildman–Crippen LogP) is 2.03. The van der Waals surface area contributed by atoms with E-state index >= 15 is 0 Å². The summed E-state index contributed by atoms with van der Waals surface area (Å²) < 4.78 is 18.0. The lowest BCUT2D eigenvalue weighted by Gasteiger charge is -2.33. The molecule has 0 spiro atoms. The van der Waals surface area contributed by atoms with E-state index in [4.69, 9.17) is 4.74 Å². The van der Waals surface area contributed by atoms with Crippen molar-refractivity contribution in [3.63, 3.8) is 0 Å². The van der Waals surface area contributed by atoms with Crippen molar-refractivity contribution in [3.05, 3.63) is 29.8 Å². The third-order valence-electron chi connectivity index (χ3n) is 2.61. The Morgan fingerprint density at radius 2 is 2.00 bits per heavy atom. The molecule has 1 aliphatic rings. The van der Waals surface area contributed by atoms with Crippen LogP contribution < -0.4 is 4.74 Å². The van der Waals surface area contributed by atoms with Gasteiger partial charge in [0.15, 0.2) is 0 Å². The molecule has 1 aromatic carbocycles. The quantitative estimate of drug-likeness (QED) is 0.752. The highest BCUT2D eigenvalue weighted by atomic mass is 19.1. The summed E-state index contributed by atoms with van der Waals surface area (Å²) in [5, 5.41) is 0. The standard InChI is InChI=1S/C12H16FNO/c1-10-2-4-12(5-3-10)15-7-6-14-8-11(13)9-14/h2-5,11H,6-9H2,1H3. The topological polar surface area (TPSA) is 12.5 Å². The molecule has 1 aliphatic heterocycles. The summed E-state index contributed by atoms with van der Waals surface area (Å²) in [6.45, 7) is 4.63. The van der Waals surface area contributed by atoms with Gasteiger partial charge in [-0.05, 0) is 19.1 Å². The maximum Gasteiger partial charge on any atom is 0.125 e. The summed E-state index contributed by atoms with van der Waals surface area (Å²) in [6, 6.07) is 7.97. The molecule has 0 N–H and O–H groups in total. The van der Waals surface area contributed by atoms with E-state index in [0.29, 0.717) is 19.7 Å². The van der Waals surface area contributed by atoms with Crippen molar-refractivity contribution < 1.29 is 9.13 Å². The van der Waals surface area contributed by atoms with E-state index in [1.807, 2.05) is 31.2 Å². The molecule has 0 unspecified atom stereocenters. The smallest absolute Gasteiger partial charge is 0.125 e. The molecule has 15 heavy (non-hydrogen) atoms. The first-order valence-corrected chi connectivity index (χ1v) is 5.30. The molecule has 0 saturated carbocycles. The average Bonchev–Trinajstić information content (AvgIpc) is 2.18. The Morgan fingerprint density at radius 1 is 1.33 bits per heavy atom. The number of nitrogens with zero attached hydrogens (tertiary/aromatic N) is 1. The van der Waals surface area contributed by atoms with Crippen LogP contribution in [0.15, 0.2) is 24.3 Å². The number of halogens is 1. The van der Waals surface area contributed by atoms with Gasteiger partial charge in [0, 0.05) is 19.6 Å². The minimum atomic E-state index is -0.621. The van der Waals surface area contributed by atoms with Gasteiger partial charge in [-0.15, -0.1) is 0 Å². The Balaban J connectivity index is 1.67. The van der Waals surface area contributed by atoms with Gasteiger partial charge in [0.2, 0.25) is 0 Å². The van der Waals surface area contributed by atoms with E-state index in [-0.39, 0.29) is 0 Å². The van der Waals surface area contributed by atoms with Crippen LogP contribution >= 0.6 is 0 Å². The first-order chi connectivity index (χ1) is 7.24. The molecule has 0 amide bonds. The molecular formula is C12H16FNO. The van der Waals surface area contributed by atoms with Crippen LogP contribution in [0, 0.1) is 6.92 Å². The summed E-state index contributed by atoms with van der Waals surface area (Å²) >= 11 is 0. The minimum absolute atomic E-state index is 0.567. The van der Waals surface area contributed by atoms with Gasteiger partial charge < -0.3 is 4.74 Å². The fraction of sp³-hybridized carbons (Fsp3) is 0.500. The molecule has 1 fully saturated rings. The van der Waals surface area contributed by atoms with Crippen LogP contribution in [-0.2, 0) is 0 Å². The highest BCUT2D eigenvalue weighted by Crippen LogP contribution is 2.13. The summed E-state index contributed by atoms with van der Waals surface area (Å²) in [6.07, 6.45) is -0.621. The third-order valence-corrected chi connectivity index (χ3v) is 2.61.